The van der Waals surface area contributed by atoms with Gasteiger partial charge in [-0.3, -0.25) is 0 Å². The monoisotopic (exact) mass is 380 g/mol. The quantitative estimate of drug-likeness (QED) is 0.797. The van der Waals surface area contributed by atoms with Gasteiger partial charge in [0.1, 0.15) is 0 Å². The molecule has 0 aliphatic rings. The van der Waals surface area contributed by atoms with E-state index in [4.69, 9.17) is 5.26 Å². The SMILES string of the molecule is N#CCCCNS(=O)(=O)c1cc(Br)ccc1Br. The zero-order valence-electron chi connectivity index (χ0n) is 8.78. The molecule has 17 heavy (non-hydrogen) atoms. The van der Waals surface area contributed by atoms with Crippen molar-refractivity contribution < 1.29 is 8.42 Å². The third kappa shape index (κ3) is 4.39. The number of hydrogen-bond acceptors (Lipinski definition) is 3. The van der Waals surface area contributed by atoms with Crippen molar-refractivity contribution in [3.05, 3.63) is 27.1 Å². The third-order valence-electron chi connectivity index (χ3n) is 1.94. The fourth-order valence-electron chi connectivity index (χ4n) is 1.13. The maximum absolute atomic E-state index is 11.9. The van der Waals surface area contributed by atoms with Crippen LogP contribution in [0.5, 0.6) is 0 Å². The lowest BCUT2D eigenvalue weighted by Crippen LogP contribution is -2.25. The summed E-state index contributed by atoms with van der Waals surface area (Å²) in [5, 5.41) is 8.35. The average molecular weight is 382 g/mol. The second-order valence-electron chi connectivity index (χ2n) is 3.23. The van der Waals surface area contributed by atoms with E-state index < -0.39 is 10.0 Å². The molecule has 0 saturated carbocycles. The van der Waals surface area contributed by atoms with Crippen molar-refractivity contribution in [2.24, 2.45) is 0 Å². The highest BCUT2D eigenvalue weighted by Crippen LogP contribution is 2.25. The predicted octanol–water partition coefficient (Wildman–Crippen LogP) is 2.79. The van der Waals surface area contributed by atoms with E-state index in [1.807, 2.05) is 6.07 Å². The average Bonchev–Trinajstić information content (AvgIpc) is 2.28. The summed E-state index contributed by atoms with van der Waals surface area (Å²) in [6.45, 7) is 0.259. The molecule has 0 spiro atoms. The van der Waals surface area contributed by atoms with Crippen LogP contribution in [0.3, 0.4) is 0 Å². The molecule has 0 bridgehead atoms. The minimum Gasteiger partial charge on any atom is -0.211 e. The number of nitrogens with one attached hydrogen (secondary N) is 1. The number of benzene rings is 1. The Hall–Kier alpha value is -0.420. The van der Waals surface area contributed by atoms with Gasteiger partial charge in [0.25, 0.3) is 0 Å². The highest BCUT2D eigenvalue weighted by atomic mass is 79.9. The molecule has 1 aromatic rings. The van der Waals surface area contributed by atoms with Crippen molar-refractivity contribution in [1.29, 1.82) is 5.26 Å². The van der Waals surface area contributed by atoms with Gasteiger partial charge in [-0.1, -0.05) is 15.9 Å². The summed E-state index contributed by atoms with van der Waals surface area (Å²) < 4.78 is 27.5. The highest BCUT2D eigenvalue weighted by molar-refractivity contribution is 9.11. The molecule has 0 saturated heterocycles. The maximum Gasteiger partial charge on any atom is 0.241 e. The normalized spacial score (nSPS) is 11.1. The lowest BCUT2D eigenvalue weighted by atomic mass is 10.3. The minimum absolute atomic E-state index is 0.184. The topological polar surface area (TPSA) is 70.0 Å². The number of halogens is 2. The van der Waals surface area contributed by atoms with Crippen LogP contribution < -0.4 is 4.72 Å². The molecule has 92 valence electrons. The zero-order valence-corrected chi connectivity index (χ0v) is 12.8. The molecule has 0 fully saturated rings. The summed E-state index contributed by atoms with van der Waals surface area (Å²) in [7, 11) is -3.53. The van der Waals surface area contributed by atoms with Crippen LogP contribution in [0.25, 0.3) is 0 Å². The van der Waals surface area contributed by atoms with E-state index >= 15 is 0 Å². The van der Waals surface area contributed by atoms with Crippen molar-refractivity contribution in [2.45, 2.75) is 17.7 Å². The van der Waals surface area contributed by atoms with E-state index in [1.54, 1.807) is 12.1 Å². The third-order valence-corrected chi connectivity index (χ3v) is 4.89. The van der Waals surface area contributed by atoms with Crippen LogP contribution >= 0.6 is 31.9 Å². The first-order chi connectivity index (χ1) is 7.97. The summed E-state index contributed by atoms with van der Waals surface area (Å²) in [5.41, 5.74) is 0. The number of unbranched alkanes of at least 4 members (excludes halogenated alkanes) is 1. The number of nitriles is 1. The van der Waals surface area contributed by atoms with Crippen LogP contribution in [-0.2, 0) is 10.0 Å². The van der Waals surface area contributed by atoms with E-state index in [9.17, 15) is 8.42 Å². The Morgan fingerprint density at radius 2 is 2.06 bits per heavy atom. The second-order valence-corrected chi connectivity index (χ2v) is 6.74. The lowest BCUT2D eigenvalue weighted by Gasteiger charge is -2.08. The molecule has 0 amide bonds. The molecular formula is C10H10Br2N2O2S. The minimum atomic E-state index is -3.53. The fourth-order valence-corrected chi connectivity index (χ4v) is 3.71. The number of hydrogen-bond donors (Lipinski definition) is 1. The Balaban J connectivity index is 2.83. The molecule has 1 aromatic carbocycles. The first-order valence-electron chi connectivity index (χ1n) is 4.79. The highest BCUT2D eigenvalue weighted by Gasteiger charge is 2.17. The van der Waals surface area contributed by atoms with E-state index in [0.29, 0.717) is 21.8 Å². The summed E-state index contributed by atoms with van der Waals surface area (Å²) in [6, 6.07) is 6.90. The summed E-state index contributed by atoms with van der Waals surface area (Å²) in [6.07, 6.45) is 0.837. The van der Waals surface area contributed by atoms with Gasteiger partial charge in [0.05, 0.1) is 11.0 Å². The van der Waals surface area contributed by atoms with Gasteiger partial charge in [0, 0.05) is 21.9 Å². The second kappa shape index (κ2) is 6.50. The fraction of sp³-hybridized carbons (Fsp3) is 0.300. The van der Waals surface area contributed by atoms with Crippen LogP contribution in [0.4, 0.5) is 0 Å². The zero-order chi connectivity index (χ0) is 12.9. The Kier molecular flexibility index (Phi) is 5.59. The van der Waals surface area contributed by atoms with Crippen molar-refractivity contribution in [3.8, 4) is 6.07 Å². The maximum atomic E-state index is 11.9. The van der Waals surface area contributed by atoms with Gasteiger partial charge in [-0.05, 0) is 40.5 Å². The molecule has 0 aromatic heterocycles. The number of sulfonamides is 1. The van der Waals surface area contributed by atoms with E-state index in [2.05, 4.69) is 36.6 Å². The summed E-state index contributed by atoms with van der Waals surface area (Å²) in [5.74, 6) is 0. The Bertz CT molecular complexity index is 538. The molecule has 0 atom stereocenters. The van der Waals surface area contributed by atoms with Gasteiger partial charge in [0.15, 0.2) is 0 Å². The largest absolute Gasteiger partial charge is 0.241 e. The lowest BCUT2D eigenvalue weighted by molar-refractivity contribution is 0.579. The van der Waals surface area contributed by atoms with E-state index in [0.717, 1.165) is 0 Å². The Labute approximate surface area is 117 Å². The number of nitrogens with zero attached hydrogens (tertiary/aromatic N) is 1. The van der Waals surface area contributed by atoms with Gasteiger partial charge in [-0.15, -0.1) is 0 Å². The van der Waals surface area contributed by atoms with Crippen LogP contribution in [0.2, 0.25) is 0 Å². The summed E-state index contributed by atoms with van der Waals surface area (Å²) >= 11 is 6.42. The van der Waals surface area contributed by atoms with Gasteiger partial charge in [0.2, 0.25) is 10.0 Å². The van der Waals surface area contributed by atoms with Crippen molar-refractivity contribution in [1.82, 2.24) is 4.72 Å². The molecular weight excluding hydrogens is 372 g/mol. The molecule has 1 N–H and O–H groups in total. The van der Waals surface area contributed by atoms with Gasteiger partial charge < -0.3 is 0 Å². The van der Waals surface area contributed by atoms with Crippen molar-refractivity contribution in [3.63, 3.8) is 0 Å². The summed E-state index contributed by atoms with van der Waals surface area (Å²) in [4.78, 5) is 0.184. The Morgan fingerprint density at radius 1 is 1.35 bits per heavy atom. The van der Waals surface area contributed by atoms with Gasteiger partial charge in [-0.2, -0.15) is 5.26 Å². The standard InChI is InChI=1S/C10H10Br2N2O2S/c11-8-3-4-9(12)10(7-8)17(15,16)14-6-2-1-5-13/h3-4,7,14H,1-2,6H2. The van der Waals surface area contributed by atoms with Crippen LogP contribution in [-0.4, -0.2) is 15.0 Å². The van der Waals surface area contributed by atoms with Crippen molar-refractivity contribution in [2.75, 3.05) is 6.54 Å². The van der Waals surface area contributed by atoms with Gasteiger partial charge >= 0.3 is 0 Å². The van der Waals surface area contributed by atoms with Gasteiger partial charge in [-0.25, -0.2) is 13.1 Å². The first kappa shape index (κ1) is 14.6. The van der Waals surface area contributed by atoms with Crippen LogP contribution in [0.1, 0.15) is 12.8 Å². The molecule has 4 nitrogen and oxygen atoms in total. The number of rotatable bonds is 5. The van der Waals surface area contributed by atoms with Crippen LogP contribution in [0, 0.1) is 11.3 Å². The molecule has 0 radical (unpaired) electrons. The molecule has 7 heteroatoms. The van der Waals surface area contributed by atoms with E-state index in [1.165, 1.54) is 6.07 Å². The van der Waals surface area contributed by atoms with Crippen molar-refractivity contribution >= 4 is 41.9 Å². The Morgan fingerprint density at radius 3 is 2.71 bits per heavy atom. The van der Waals surface area contributed by atoms with E-state index in [-0.39, 0.29) is 11.4 Å². The molecule has 0 unspecified atom stereocenters. The molecule has 0 aliphatic carbocycles. The smallest absolute Gasteiger partial charge is 0.211 e. The molecule has 0 aliphatic heterocycles. The van der Waals surface area contributed by atoms with Crippen LogP contribution in [0.15, 0.2) is 32.0 Å². The molecule has 1 rings (SSSR count). The predicted molar refractivity (Wildman–Crippen MR) is 71.9 cm³/mol. The molecule has 0 heterocycles. The first-order valence-corrected chi connectivity index (χ1v) is 7.86.